The normalized spacial score (nSPS) is 14.9. The Morgan fingerprint density at radius 1 is 1.03 bits per heavy atom. The highest BCUT2D eigenvalue weighted by Crippen LogP contribution is 2.44. The minimum Gasteiger partial charge on any atom is -0.480 e. The molecule has 182 valence electrons. The third kappa shape index (κ3) is 5.94. The lowest BCUT2D eigenvalue weighted by Crippen LogP contribution is -2.49. The summed E-state index contributed by atoms with van der Waals surface area (Å²) in [6, 6.07) is 15.1. The molecule has 1 aliphatic rings. The van der Waals surface area contributed by atoms with Gasteiger partial charge in [-0.2, -0.15) is 0 Å². The predicted octanol–water partition coefficient (Wildman–Crippen LogP) is 3.55. The standard InChI is InChI=1S/C26H32N2O6/c1-4-17(13-23(29)28-24(25(30)31)16(2)33-3)14-27-26(32)34-15-22-20-11-7-5-9-18(20)19-10-6-8-12-21(19)22/h5-12,16-17,22,24H,4,13-15H2,1-3H3,(H,27,32)(H,28,29)(H,30,31). The molecule has 0 saturated carbocycles. The van der Waals surface area contributed by atoms with E-state index >= 15 is 0 Å². The van der Waals surface area contributed by atoms with E-state index in [9.17, 15) is 19.5 Å². The number of amides is 2. The first-order chi connectivity index (χ1) is 16.3. The summed E-state index contributed by atoms with van der Waals surface area (Å²) in [7, 11) is 1.39. The highest BCUT2D eigenvalue weighted by Gasteiger charge is 2.29. The van der Waals surface area contributed by atoms with Crippen LogP contribution in [-0.4, -0.2) is 55.5 Å². The van der Waals surface area contributed by atoms with Crippen LogP contribution >= 0.6 is 0 Å². The molecular weight excluding hydrogens is 436 g/mol. The summed E-state index contributed by atoms with van der Waals surface area (Å²) >= 11 is 0. The van der Waals surface area contributed by atoms with Crippen LogP contribution in [0.3, 0.4) is 0 Å². The van der Waals surface area contributed by atoms with E-state index in [0.29, 0.717) is 6.42 Å². The molecule has 0 aliphatic heterocycles. The van der Waals surface area contributed by atoms with E-state index < -0.39 is 30.1 Å². The molecule has 3 unspecified atom stereocenters. The minimum atomic E-state index is -1.16. The summed E-state index contributed by atoms with van der Waals surface area (Å²) in [6.07, 6.45) is -0.493. The zero-order chi connectivity index (χ0) is 24.7. The Morgan fingerprint density at radius 2 is 1.62 bits per heavy atom. The molecule has 0 spiro atoms. The number of rotatable bonds is 11. The van der Waals surface area contributed by atoms with Gasteiger partial charge in [0.05, 0.1) is 6.10 Å². The van der Waals surface area contributed by atoms with Crippen LogP contribution in [0, 0.1) is 5.92 Å². The number of alkyl carbamates (subject to hydrolysis) is 1. The molecule has 0 aromatic heterocycles. The molecule has 2 aromatic rings. The van der Waals surface area contributed by atoms with Crippen molar-refractivity contribution in [2.75, 3.05) is 20.3 Å². The van der Waals surface area contributed by atoms with Crippen LogP contribution < -0.4 is 10.6 Å². The quantitative estimate of drug-likeness (QED) is 0.465. The Morgan fingerprint density at radius 3 is 2.15 bits per heavy atom. The fraction of sp³-hybridized carbons (Fsp3) is 0.423. The van der Waals surface area contributed by atoms with Gasteiger partial charge in [-0.25, -0.2) is 9.59 Å². The first kappa shape index (κ1) is 25.2. The van der Waals surface area contributed by atoms with E-state index in [2.05, 4.69) is 34.9 Å². The molecule has 3 rings (SSSR count). The van der Waals surface area contributed by atoms with Crippen molar-refractivity contribution in [2.24, 2.45) is 5.92 Å². The van der Waals surface area contributed by atoms with E-state index in [4.69, 9.17) is 9.47 Å². The molecule has 3 atom stereocenters. The number of carboxylic acids is 1. The van der Waals surface area contributed by atoms with E-state index in [1.165, 1.54) is 7.11 Å². The summed E-state index contributed by atoms with van der Waals surface area (Å²) in [5.41, 5.74) is 4.59. The Hall–Kier alpha value is -3.39. The molecule has 0 saturated heterocycles. The van der Waals surface area contributed by atoms with Crippen LogP contribution in [0.2, 0.25) is 0 Å². The van der Waals surface area contributed by atoms with Gasteiger partial charge in [-0.05, 0) is 35.1 Å². The van der Waals surface area contributed by atoms with Gasteiger partial charge in [0.25, 0.3) is 0 Å². The van der Waals surface area contributed by atoms with Gasteiger partial charge in [0, 0.05) is 26.0 Å². The van der Waals surface area contributed by atoms with E-state index in [1.54, 1.807) is 6.92 Å². The Kier molecular flexibility index (Phi) is 8.65. The average Bonchev–Trinajstić information content (AvgIpc) is 3.16. The van der Waals surface area contributed by atoms with Crippen LogP contribution in [0.1, 0.15) is 43.7 Å². The highest BCUT2D eigenvalue weighted by molar-refractivity contribution is 5.84. The fourth-order valence-corrected chi connectivity index (χ4v) is 4.25. The second kappa shape index (κ2) is 11.7. The minimum absolute atomic E-state index is 0.0263. The predicted molar refractivity (Wildman–Crippen MR) is 128 cm³/mol. The van der Waals surface area contributed by atoms with Crippen molar-refractivity contribution in [3.8, 4) is 11.1 Å². The van der Waals surface area contributed by atoms with Crippen molar-refractivity contribution in [3.63, 3.8) is 0 Å². The van der Waals surface area contributed by atoms with Crippen LogP contribution in [-0.2, 0) is 19.1 Å². The Bertz CT molecular complexity index is 978. The Labute approximate surface area is 199 Å². The van der Waals surface area contributed by atoms with Crippen molar-refractivity contribution < 1.29 is 29.0 Å². The zero-order valence-electron chi connectivity index (χ0n) is 19.7. The van der Waals surface area contributed by atoms with Gasteiger partial charge in [-0.15, -0.1) is 0 Å². The van der Waals surface area contributed by atoms with Gasteiger partial charge in [0.2, 0.25) is 5.91 Å². The summed E-state index contributed by atoms with van der Waals surface area (Å²) in [4.78, 5) is 36.1. The summed E-state index contributed by atoms with van der Waals surface area (Å²) < 4.78 is 10.6. The maximum Gasteiger partial charge on any atom is 0.407 e. The molecule has 1 aliphatic carbocycles. The van der Waals surface area contributed by atoms with Crippen LogP contribution in [0.4, 0.5) is 4.79 Å². The molecule has 34 heavy (non-hydrogen) atoms. The lowest BCUT2D eigenvalue weighted by molar-refractivity contribution is -0.145. The first-order valence-corrected chi connectivity index (χ1v) is 11.5. The summed E-state index contributed by atoms with van der Waals surface area (Å²) in [5.74, 6) is -1.75. The van der Waals surface area contributed by atoms with Gasteiger partial charge in [-0.3, -0.25) is 4.79 Å². The molecule has 8 heteroatoms. The molecule has 0 bridgehead atoms. The highest BCUT2D eigenvalue weighted by atomic mass is 16.5. The van der Waals surface area contributed by atoms with Crippen molar-refractivity contribution >= 4 is 18.0 Å². The number of nitrogens with one attached hydrogen (secondary N) is 2. The molecule has 0 fully saturated rings. The fourth-order valence-electron chi connectivity index (χ4n) is 4.25. The number of methoxy groups -OCH3 is 1. The number of ether oxygens (including phenoxy) is 2. The van der Waals surface area contributed by atoms with Gasteiger partial charge >= 0.3 is 12.1 Å². The van der Waals surface area contributed by atoms with Crippen LogP contribution in [0.25, 0.3) is 11.1 Å². The number of carboxylic acid groups (broad SMARTS) is 1. The van der Waals surface area contributed by atoms with Crippen LogP contribution in [0.5, 0.6) is 0 Å². The lowest BCUT2D eigenvalue weighted by atomic mass is 9.98. The third-order valence-electron chi connectivity index (χ3n) is 6.35. The largest absolute Gasteiger partial charge is 0.480 e. The second-order valence-corrected chi connectivity index (χ2v) is 8.51. The van der Waals surface area contributed by atoms with Crippen molar-refractivity contribution in [1.29, 1.82) is 0 Å². The number of hydrogen-bond acceptors (Lipinski definition) is 5. The van der Waals surface area contributed by atoms with Crippen molar-refractivity contribution in [2.45, 2.75) is 44.8 Å². The number of hydrogen-bond donors (Lipinski definition) is 3. The maximum atomic E-state index is 12.4. The molecule has 2 aromatic carbocycles. The molecular formula is C26H32N2O6. The van der Waals surface area contributed by atoms with E-state index in [0.717, 1.165) is 22.3 Å². The smallest absolute Gasteiger partial charge is 0.407 e. The topological polar surface area (TPSA) is 114 Å². The third-order valence-corrected chi connectivity index (χ3v) is 6.35. The number of aliphatic carboxylic acids is 1. The summed E-state index contributed by atoms with van der Waals surface area (Å²) in [5, 5.41) is 14.5. The zero-order valence-corrected chi connectivity index (χ0v) is 19.7. The molecule has 8 nitrogen and oxygen atoms in total. The number of benzene rings is 2. The average molecular weight is 469 g/mol. The molecule has 0 radical (unpaired) electrons. The maximum absolute atomic E-state index is 12.4. The van der Waals surface area contributed by atoms with Crippen molar-refractivity contribution in [3.05, 3.63) is 59.7 Å². The number of fused-ring (bicyclic) bond motifs is 3. The second-order valence-electron chi connectivity index (χ2n) is 8.51. The molecule has 3 N–H and O–H groups in total. The van der Waals surface area contributed by atoms with Gasteiger partial charge < -0.3 is 25.2 Å². The monoisotopic (exact) mass is 468 g/mol. The van der Waals surface area contributed by atoms with Gasteiger partial charge in [0.1, 0.15) is 6.61 Å². The van der Waals surface area contributed by atoms with E-state index in [1.807, 2.05) is 31.2 Å². The van der Waals surface area contributed by atoms with E-state index in [-0.39, 0.29) is 31.4 Å². The number of carbonyl (C=O) groups excluding carboxylic acids is 2. The van der Waals surface area contributed by atoms with Crippen LogP contribution in [0.15, 0.2) is 48.5 Å². The Balaban J connectivity index is 1.51. The summed E-state index contributed by atoms with van der Waals surface area (Å²) in [6.45, 7) is 3.95. The molecule has 2 amide bonds. The molecule has 0 heterocycles. The SMILES string of the molecule is CCC(CNC(=O)OCC1c2ccccc2-c2ccccc21)CC(=O)NC(C(=O)O)C(C)OC. The number of carbonyl (C=O) groups is 3. The van der Waals surface area contributed by atoms with Gasteiger partial charge in [0.15, 0.2) is 6.04 Å². The lowest BCUT2D eigenvalue weighted by Gasteiger charge is -2.22. The van der Waals surface area contributed by atoms with Gasteiger partial charge in [-0.1, -0.05) is 61.9 Å². The first-order valence-electron chi connectivity index (χ1n) is 11.5. The van der Waals surface area contributed by atoms with Crippen molar-refractivity contribution in [1.82, 2.24) is 10.6 Å².